The normalized spacial score (nSPS) is 27.9. The predicted molar refractivity (Wildman–Crippen MR) is 80.1 cm³/mol. The second-order valence-electron chi connectivity index (χ2n) is 6.41. The second-order valence-corrected chi connectivity index (χ2v) is 8.73. The molecule has 6 heteroatoms. The average molecular weight is 315 g/mol. The van der Waals surface area contributed by atoms with Crippen LogP contribution >= 0.6 is 0 Å². The van der Waals surface area contributed by atoms with Crippen molar-refractivity contribution in [3.8, 4) is 6.07 Å². The third-order valence-electron chi connectivity index (χ3n) is 4.37. The van der Waals surface area contributed by atoms with Crippen LogP contribution in [0.1, 0.15) is 47.0 Å². The van der Waals surface area contributed by atoms with Crippen LogP contribution in [0.2, 0.25) is 0 Å². The number of esters is 1. The zero-order chi connectivity index (χ0) is 16.2. The van der Waals surface area contributed by atoms with Crippen LogP contribution in [0, 0.1) is 29.1 Å². The number of carbonyl (C=O) groups is 1. The van der Waals surface area contributed by atoms with Crippen molar-refractivity contribution in [1.29, 1.82) is 5.26 Å². The van der Waals surface area contributed by atoms with Crippen LogP contribution in [0.25, 0.3) is 0 Å². The van der Waals surface area contributed by atoms with E-state index in [1.165, 1.54) is 6.92 Å². The van der Waals surface area contributed by atoms with Crippen molar-refractivity contribution < 1.29 is 17.9 Å². The summed E-state index contributed by atoms with van der Waals surface area (Å²) in [6.45, 7) is 7.60. The van der Waals surface area contributed by atoms with Gasteiger partial charge in [-0.1, -0.05) is 27.2 Å². The minimum Gasteiger partial charge on any atom is -0.461 e. The molecule has 1 rings (SSSR count). The van der Waals surface area contributed by atoms with E-state index in [0.29, 0.717) is 11.8 Å². The lowest BCUT2D eigenvalue weighted by molar-refractivity contribution is -0.155. The number of rotatable bonds is 5. The highest BCUT2D eigenvalue weighted by Gasteiger charge is 2.36. The Labute approximate surface area is 127 Å². The Morgan fingerprint density at radius 1 is 1.33 bits per heavy atom. The summed E-state index contributed by atoms with van der Waals surface area (Å²) in [5.74, 6) is -0.242. The molecule has 0 radical (unpaired) electrons. The van der Waals surface area contributed by atoms with Crippen LogP contribution in [-0.4, -0.2) is 31.5 Å². The molecule has 21 heavy (non-hydrogen) atoms. The van der Waals surface area contributed by atoms with Crippen molar-refractivity contribution in [2.24, 2.45) is 17.8 Å². The fraction of sp³-hybridized carbons (Fsp3) is 0.867. The molecule has 0 aromatic rings. The highest BCUT2D eigenvalue weighted by atomic mass is 32.2. The van der Waals surface area contributed by atoms with E-state index in [9.17, 15) is 13.2 Å². The Kier molecular flexibility index (Phi) is 6.21. The molecule has 0 N–H and O–H groups in total. The molecule has 0 aliphatic heterocycles. The Morgan fingerprint density at radius 3 is 2.48 bits per heavy atom. The van der Waals surface area contributed by atoms with Gasteiger partial charge >= 0.3 is 5.97 Å². The molecule has 0 aromatic heterocycles. The lowest BCUT2D eigenvalue weighted by Gasteiger charge is -2.37. The SMILES string of the molecule is CC1CCC(C(C)C)C(OC(=O)C(C)S(=O)(=O)CC#N)C1. The number of nitriles is 1. The summed E-state index contributed by atoms with van der Waals surface area (Å²) in [6.07, 6.45) is 2.66. The monoisotopic (exact) mass is 315 g/mol. The van der Waals surface area contributed by atoms with Crippen LogP contribution in [0.3, 0.4) is 0 Å². The third kappa shape index (κ3) is 4.70. The quantitative estimate of drug-likeness (QED) is 0.727. The van der Waals surface area contributed by atoms with Crippen molar-refractivity contribution in [1.82, 2.24) is 0 Å². The molecule has 0 amide bonds. The van der Waals surface area contributed by atoms with Crippen LogP contribution < -0.4 is 0 Å². The van der Waals surface area contributed by atoms with E-state index in [0.717, 1.165) is 19.3 Å². The van der Waals surface area contributed by atoms with E-state index in [-0.39, 0.29) is 12.0 Å². The number of hydrogen-bond acceptors (Lipinski definition) is 5. The molecule has 1 fully saturated rings. The van der Waals surface area contributed by atoms with Crippen molar-refractivity contribution in [2.45, 2.75) is 58.3 Å². The zero-order valence-electron chi connectivity index (χ0n) is 13.2. The van der Waals surface area contributed by atoms with Crippen molar-refractivity contribution in [3.05, 3.63) is 0 Å². The lowest BCUT2D eigenvalue weighted by Crippen LogP contribution is -2.40. The average Bonchev–Trinajstić information content (AvgIpc) is 2.37. The van der Waals surface area contributed by atoms with Crippen LogP contribution in [-0.2, 0) is 19.4 Å². The van der Waals surface area contributed by atoms with Crippen LogP contribution in [0.4, 0.5) is 0 Å². The maximum atomic E-state index is 12.1. The van der Waals surface area contributed by atoms with Crippen molar-refractivity contribution in [2.75, 3.05) is 5.75 Å². The zero-order valence-corrected chi connectivity index (χ0v) is 14.0. The van der Waals surface area contributed by atoms with Gasteiger partial charge in [0.1, 0.15) is 11.9 Å². The first-order valence-electron chi connectivity index (χ1n) is 7.48. The summed E-state index contributed by atoms with van der Waals surface area (Å²) in [7, 11) is -3.75. The molecule has 5 nitrogen and oxygen atoms in total. The molecule has 0 heterocycles. The maximum absolute atomic E-state index is 12.1. The number of nitrogens with zero attached hydrogens (tertiary/aromatic N) is 1. The van der Waals surface area contributed by atoms with Gasteiger partial charge in [0.05, 0.1) is 6.07 Å². The number of ether oxygens (including phenoxy) is 1. The first kappa shape index (κ1) is 18.0. The number of hydrogen-bond donors (Lipinski definition) is 0. The maximum Gasteiger partial charge on any atom is 0.324 e. The number of sulfone groups is 1. The molecule has 0 aromatic carbocycles. The molecule has 0 saturated heterocycles. The van der Waals surface area contributed by atoms with Gasteiger partial charge in [-0.3, -0.25) is 4.79 Å². The largest absolute Gasteiger partial charge is 0.461 e. The van der Waals surface area contributed by atoms with Gasteiger partial charge in [-0.15, -0.1) is 0 Å². The fourth-order valence-corrected chi connectivity index (χ4v) is 3.64. The van der Waals surface area contributed by atoms with Gasteiger partial charge in [0.25, 0.3) is 0 Å². The summed E-state index contributed by atoms with van der Waals surface area (Å²) in [5.41, 5.74) is 0. The fourth-order valence-electron chi connectivity index (χ4n) is 2.86. The first-order chi connectivity index (χ1) is 9.69. The molecule has 4 unspecified atom stereocenters. The van der Waals surface area contributed by atoms with Crippen molar-refractivity contribution in [3.63, 3.8) is 0 Å². The van der Waals surface area contributed by atoms with Gasteiger partial charge in [0.15, 0.2) is 15.1 Å². The molecule has 4 atom stereocenters. The molecule has 1 aliphatic rings. The molecule has 1 saturated carbocycles. The Morgan fingerprint density at radius 2 is 1.95 bits per heavy atom. The van der Waals surface area contributed by atoms with Gasteiger partial charge < -0.3 is 4.74 Å². The minimum atomic E-state index is -3.75. The van der Waals surface area contributed by atoms with E-state index in [1.807, 2.05) is 0 Å². The van der Waals surface area contributed by atoms with E-state index in [4.69, 9.17) is 10.00 Å². The Hall–Kier alpha value is -1.09. The van der Waals surface area contributed by atoms with Crippen LogP contribution in [0.15, 0.2) is 0 Å². The predicted octanol–water partition coefficient (Wildman–Crippen LogP) is 2.32. The van der Waals surface area contributed by atoms with Gasteiger partial charge in [0.2, 0.25) is 0 Å². The summed E-state index contributed by atoms with van der Waals surface area (Å²) in [4.78, 5) is 12.1. The van der Waals surface area contributed by atoms with E-state index < -0.39 is 26.8 Å². The first-order valence-corrected chi connectivity index (χ1v) is 9.19. The van der Waals surface area contributed by atoms with Gasteiger partial charge in [0, 0.05) is 0 Å². The summed E-state index contributed by atoms with van der Waals surface area (Å²) in [6, 6.07) is 1.59. The molecular formula is C15H25NO4S. The summed E-state index contributed by atoms with van der Waals surface area (Å²) >= 11 is 0. The van der Waals surface area contributed by atoms with Gasteiger partial charge in [-0.25, -0.2) is 8.42 Å². The Balaban J connectivity index is 2.78. The highest BCUT2D eigenvalue weighted by Crippen LogP contribution is 2.35. The van der Waals surface area contributed by atoms with Crippen LogP contribution in [0.5, 0.6) is 0 Å². The minimum absolute atomic E-state index is 0.221. The molecule has 0 spiro atoms. The van der Waals surface area contributed by atoms with Gasteiger partial charge in [-0.2, -0.15) is 5.26 Å². The molecule has 120 valence electrons. The topological polar surface area (TPSA) is 84.2 Å². The number of carbonyl (C=O) groups excluding carboxylic acids is 1. The standard InChI is InChI=1S/C15H25NO4S/c1-10(2)13-6-5-11(3)9-14(13)20-15(17)12(4)21(18,19)8-7-16/h10-14H,5-6,8-9H2,1-4H3. The van der Waals surface area contributed by atoms with Crippen molar-refractivity contribution >= 4 is 15.8 Å². The molecule has 1 aliphatic carbocycles. The third-order valence-corrected chi connectivity index (χ3v) is 6.17. The van der Waals surface area contributed by atoms with Gasteiger partial charge in [-0.05, 0) is 37.5 Å². The second kappa shape index (κ2) is 7.26. The highest BCUT2D eigenvalue weighted by molar-refractivity contribution is 7.92. The lowest BCUT2D eigenvalue weighted by atomic mass is 9.75. The molecular weight excluding hydrogens is 290 g/mol. The van der Waals surface area contributed by atoms with E-state index in [1.54, 1.807) is 6.07 Å². The summed E-state index contributed by atoms with van der Waals surface area (Å²) in [5, 5.41) is 7.25. The summed E-state index contributed by atoms with van der Waals surface area (Å²) < 4.78 is 29.0. The smallest absolute Gasteiger partial charge is 0.324 e. The molecule has 0 bridgehead atoms. The van der Waals surface area contributed by atoms with E-state index in [2.05, 4.69) is 20.8 Å². The Bertz CT molecular complexity index is 506. The van der Waals surface area contributed by atoms with E-state index >= 15 is 0 Å².